The van der Waals surface area contributed by atoms with Gasteiger partial charge in [-0.05, 0) is 44.6 Å². The number of carbonyl (C=O) groups is 1. The van der Waals surface area contributed by atoms with Gasteiger partial charge in [0.15, 0.2) is 0 Å². The number of carbonyl (C=O) groups excluding carboxylic acids is 1. The van der Waals surface area contributed by atoms with Gasteiger partial charge in [0.25, 0.3) is 0 Å². The van der Waals surface area contributed by atoms with E-state index in [1.165, 1.54) is 6.33 Å². The van der Waals surface area contributed by atoms with Crippen molar-refractivity contribution >= 4 is 34.4 Å². The highest BCUT2D eigenvalue weighted by Gasteiger charge is 2.25. The summed E-state index contributed by atoms with van der Waals surface area (Å²) < 4.78 is 5.61. The first-order valence-electron chi connectivity index (χ1n) is 11.1. The topological polar surface area (TPSA) is 86.4 Å². The summed E-state index contributed by atoms with van der Waals surface area (Å²) in [5, 5.41) is 4.88. The Morgan fingerprint density at radius 1 is 1.38 bits per heavy atom. The smallest absolute Gasteiger partial charge is 0.246 e. The molecule has 4 rings (SSSR count). The van der Waals surface area contributed by atoms with Crippen molar-refractivity contribution in [1.82, 2.24) is 24.8 Å². The second-order valence-corrected chi connectivity index (χ2v) is 8.67. The minimum Gasteiger partial charge on any atom is -0.479 e. The standard InChI is InChI=1S/C25H27ClN6O2/c1-31(2)12-5-10-23(33)32-13-11-19(16-32)30-25-20-15-18(29-24(20)27-17-28-25)7-6-14-34-22-9-4-3-8-21(22)26/h3-5,8-10,15,17,19H,11-14,16H2,1-2H3,(H2,27,28,29,30)/b10-5+/t19-/m1/s1. The summed E-state index contributed by atoms with van der Waals surface area (Å²) in [7, 11) is 3.94. The number of anilines is 1. The maximum atomic E-state index is 12.4. The lowest BCUT2D eigenvalue weighted by molar-refractivity contribution is -0.125. The fraction of sp³-hybridized carbons (Fsp3) is 0.320. The van der Waals surface area contributed by atoms with E-state index in [-0.39, 0.29) is 18.6 Å². The second-order valence-electron chi connectivity index (χ2n) is 8.27. The van der Waals surface area contributed by atoms with E-state index in [1.807, 2.05) is 48.2 Å². The van der Waals surface area contributed by atoms with E-state index in [4.69, 9.17) is 16.3 Å². The Morgan fingerprint density at radius 2 is 2.24 bits per heavy atom. The SMILES string of the molecule is CN(C)C/C=C/C(=O)N1CC[C@@H](Nc2ncnc3[nH]c(C#CCOc4ccccc4Cl)cc23)C1. The van der Waals surface area contributed by atoms with Crippen LogP contribution in [-0.2, 0) is 4.79 Å². The zero-order valence-electron chi connectivity index (χ0n) is 19.2. The molecule has 1 aliphatic rings. The third-order valence-electron chi connectivity index (χ3n) is 5.36. The Hall–Kier alpha value is -3.54. The summed E-state index contributed by atoms with van der Waals surface area (Å²) in [4.78, 5) is 28.2. The van der Waals surface area contributed by atoms with Crippen molar-refractivity contribution in [2.75, 3.05) is 45.7 Å². The number of fused-ring (bicyclic) bond motifs is 1. The summed E-state index contributed by atoms with van der Waals surface area (Å²) >= 11 is 6.09. The molecule has 9 heteroatoms. The molecule has 0 aliphatic carbocycles. The largest absolute Gasteiger partial charge is 0.479 e. The Kier molecular flexibility index (Phi) is 7.68. The predicted octanol–water partition coefficient (Wildman–Crippen LogP) is 3.17. The van der Waals surface area contributed by atoms with Crippen molar-refractivity contribution in [3.63, 3.8) is 0 Å². The van der Waals surface area contributed by atoms with Crippen LogP contribution in [-0.4, -0.2) is 77.0 Å². The number of likely N-dealkylation sites (N-methyl/N-ethyl adjacent to an activating group) is 1. The molecule has 2 aromatic heterocycles. The van der Waals surface area contributed by atoms with Crippen molar-refractivity contribution < 1.29 is 9.53 Å². The summed E-state index contributed by atoms with van der Waals surface area (Å²) in [6.45, 7) is 2.30. The van der Waals surface area contributed by atoms with Crippen molar-refractivity contribution in [3.05, 3.63) is 59.5 Å². The first-order chi connectivity index (χ1) is 16.5. The molecule has 1 fully saturated rings. The summed E-state index contributed by atoms with van der Waals surface area (Å²) in [6.07, 6.45) is 5.91. The maximum Gasteiger partial charge on any atom is 0.246 e. The summed E-state index contributed by atoms with van der Waals surface area (Å²) in [5.41, 5.74) is 1.42. The lowest BCUT2D eigenvalue weighted by Crippen LogP contribution is -2.30. The van der Waals surface area contributed by atoms with E-state index in [1.54, 1.807) is 18.2 Å². The number of hydrogen-bond acceptors (Lipinski definition) is 6. The normalized spacial score (nSPS) is 15.6. The van der Waals surface area contributed by atoms with Crippen LogP contribution in [0.15, 0.2) is 48.8 Å². The van der Waals surface area contributed by atoms with Crippen LogP contribution in [0.2, 0.25) is 5.02 Å². The molecule has 1 saturated heterocycles. The highest BCUT2D eigenvalue weighted by Crippen LogP contribution is 2.24. The van der Waals surface area contributed by atoms with Gasteiger partial charge in [-0.1, -0.05) is 35.7 Å². The van der Waals surface area contributed by atoms with Gasteiger partial charge in [0, 0.05) is 31.8 Å². The molecule has 1 amide bonds. The minimum absolute atomic E-state index is 0.0391. The van der Waals surface area contributed by atoms with Crippen LogP contribution < -0.4 is 10.1 Å². The van der Waals surface area contributed by atoms with Crippen LogP contribution in [0.25, 0.3) is 11.0 Å². The molecule has 176 valence electrons. The second kappa shape index (κ2) is 11.1. The molecule has 3 aromatic rings. The molecule has 1 aromatic carbocycles. The number of para-hydroxylation sites is 1. The zero-order chi connectivity index (χ0) is 23.9. The number of halogens is 1. The molecular formula is C25H27ClN6O2. The highest BCUT2D eigenvalue weighted by atomic mass is 35.5. The molecular weight excluding hydrogens is 452 g/mol. The summed E-state index contributed by atoms with van der Waals surface area (Å²) in [5.74, 6) is 7.42. The number of H-pyrrole nitrogens is 1. The fourth-order valence-corrected chi connectivity index (χ4v) is 3.86. The molecule has 34 heavy (non-hydrogen) atoms. The monoisotopic (exact) mass is 478 g/mol. The number of rotatable bonds is 7. The quantitative estimate of drug-likeness (QED) is 0.400. The molecule has 8 nitrogen and oxygen atoms in total. The van der Waals surface area contributed by atoms with Gasteiger partial charge in [-0.15, -0.1) is 0 Å². The van der Waals surface area contributed by atoms with Crippen LogP contribution in [0, 0.1) is 11.8 Å². The number of aromatic nitrogens is 3. The third-order valence-corrected chi connectivity index (χ3v) is 5.67. The molecule has 3 heterocycles. The maximum absolute atomic E-state index is 12.4. The Balaban J connectivity index is 1.37. The average Bonchev–Trinajstić information content (AvgIpc) is 3.45. The number of likely N-dealkylation sites (tertiary alicyclic amines) is 1. The van der Waals surface area contributed by atoms with Gasteiger partial charge >= 0.3 is 0 Å². The Bertz CT molecular complexity index is 1240. The van der Waals surface area contributed by atoms with Crippen LogP contribution in [0.4, 0.5) is 5.82 Å². The van der Waals surface area contributed by atoms with Gasteiger partial charge in [0.05, 0.1) is 16.1 Å². The minimum atomic E-state index is 0.0391. The molecule has 0 saturated carbocycles. The molecule has 1 atom stereocenters. The van der Waals surface area contributed by atoms with E-state index in [9.17, 15) is 4.79 Å². The number of ether oxygens (including phenoxy) is 1. The molecule has 1 aliphatic heterocycles. The highest BCUT2D eigenvalue weighted by molar-refractivity contribution is 6.32. The first-order valence-corrected chi connectivity index (χ1v) is 11.4. The molecule has 0 bridgehead atoms. The van der Waals surface area contributed by atoms with Crippen LogP contribution >= 0.6 is 11.6 Å². The van der Waals surface area contributed by atoms with Crippen LogP contribution in [0.5, 0.6) is 5.75 Å². The number of hydrogen-bond donors (Lipinski definition) is 2. The van der Waals surface area contributed by atoms with E-state index < -0.39 is 0 Å². The Morgan fingerprint density at radius 3 is 3.06 bits per heavy atom. The molecule has 0 spiro atoms. The van der Waals surface area contributed by atoms with Crippen LogP contribution in [0.1, 0.15) is 12.1 Å². The number of nitrogens with zero attached hydrogens (tertiary/aromatic N) is 4. The van der Waals surface area contributed by atoms with Crippen molar-refractivity contribution in [2.24, 2.45) is 0 Å². The van der Waals surface area contributed by atoms with E-state index in [0.717, 1.165) is 29.9 Å². The van der Waals surface area contributed by atoms with Crippen molar-refractivity contribution in [1.29, 1.82) is 0 Å². The van der Waals surface area contributed by atoms with Gasteiger partial charge in [-0.2, -0.15) is 0 Å². The number of nitrogens with one attached hydrogen (secondary N) is 2. The van der Waals surface area contributed by atoms with Gasteiger partial charge in [0.2, 0.25) is 5.91 Å². The van der Waals surface area contributed by atoms with E-state index >= 15 is 0 Å². The van der Waals surface area contributed by atoms with E-state index in [2.05, 4.69) is 32.1 Å². The fourth-order valence-electron chi connectivity index (χ4n) is 3.67. The Labute approximate surface area is 204 Å². The summed E-state index contributed by atoms with van der Waals surface area (Å²) in [6, 6.07) is 9.33. The van der Waals surface area contributed by atoms with Gasteiger partial charge in [0.1, 0.15) is 30.1 Å². The van der Waals surface area contributed by atoms with Gasteiger partial charge in [-0.25, -0.2) is 9.97 Å². The van der Waals surface area contributed by atoms with Gasteiger partial charge < -0.3 is 24.8 Å². The predicted molar refractivity (Wildman–Crippen MR) is 134 cm³/mol. The zero-order valence-corrected chi connectivity index (χ0v) is 20.0. The lowest BCUT2D eigenvalue weighted by Gasteiger charge is -2.16. The molecule has 0 unspecified atom stereocenters. The number of amides is 1. The molecule has 0 radical (unpaired) electrons. The third kappa shape index (κ3) is 6.07. The van der Waals surface area contributed by atoms with Gasteiger partial charge in [-0.3, -0.25) is 4.79 Å². The molecule has 2 N–H and O–H groups in total. The van der Waals surface area contributed by atoms with Crippen molar-refractivity contribution in [3.8, 4) is 17.6 Å². The van der Waals surface area contributed by atoms with Crippen LogP contribution in [0.3, 0.4) is 0 Å². The number of aromatic amines is 1. The first kappa shape index (κ1) is 23.6. The average molecular weight is 479 g/mol. The van der Waals surface area contributed by atoms with E-state index in [0.29, 0.717) is 29.5 Å². The lowest BCUT2D eigenvalue weighted by atomic mass is 10.2. The number of benzene rings is 1. The van der Waals surface area contributed by atoms with Crippen molar-refractivity contribution in [2.45, 2.75) is 12.5 Å².